The molecule has 0 N–H and O–H groups in total. The van der Waals surface area contributed by atoms with E-state index >= 15 is 0 Å². The van der Waals surface area contributed by atoms with Crippen LogP contribution >= 0.6 is 31.9 Å². The molecule has 0 spiro atoms. The normalized spacial score (nSPS) is 24.2. The first-order valence-corrected chi connectivity index (χ1v) is 6.37. The van der Waals surface area contributed by atoms with Crippen LogP contribution in [0.5, 0.6) is 0 Å². The molecule has 0 amide bonds. The summed E-state index contributed by atoms with van der Waals surface area (Å²) in [7, 11) is 0. The molecular weight excluding hydrogens is 288 g/mol. The maximum Gasteiger partial charge on any atom is 0.169 e. The first-order valence-electron chi connectivity index (χ1n) is 4.13. The van der Waals surface area contributed by atoms with Crippen molar-refractivity contribution in [1.82, 2.24) is 0 Å². The van der Waals surface area contributed by atoms with Crippen molar-refractivity contribution in [1.29, 1.82) is 0 Å². The van der Waals surface area contributed by atoms with Crippen molar-refractivity contribution in [2.45, 2.75) is 19.1 Å². The summed E-state index contributed by atoms with van der Waals surface area (Å²) in [5.74, 6) is 0.0662. The Morgan fingerprint density at radius 3 is 2.33 bits per heavy atom. The Morgan fingerprint density at radius 2 is 1.92 bits per heavy atom. The van der Waals surface area contributed by atoms with Crippen molar-refractivity contribution in [3.05, 3.63) is 0 Å². The van der Waals surface area contributed by atoms with E-state index in [0.717, 1.165) is 30.3 Å². The fourth-order valence-electron chi connectivity index (χ4n) is 1.38. The van der Waals surface area contributed by atoms with Crippen molar-refractivity contribution < 1.29 is 9.47 Å². The molecular formula is C8H14Br2O2. The summed E-state index contributed by atoms with van der Waals surface area (Å²) in [5.41, 5.74) is 0. The summed E-state index contributed by atoms with van der Waals surface area (Å²) in [6.45, 7) is 3.47. The Balaban J connectivity index is 2.50. The molecule has 1 rings (SSSR count). The van der Waals surface area contributed by atoms with Crippen molar-refractivity contribution in [2.24, 2.45) is 5.92 Å². The van der Waals surface area contributed by atoms with Crippen molar-refractivity contribution in [3.8, 4) is 0 Å². The number of hydrogen-bond acceptors (Lipinski definition) is 2. The molecule has 1 unspecified atom stereocenters. The zero-order chi connectivity index (χ0) is 9.03. The molecule has 0 aromatic carbocycles. The summed E-state index contributed by atoms with van der Waals surface area (Å²) < 4.78 is 11.1. The average Bonchev–Trinajstić information content (AvgIpc) is 2.49. The van der Waals surface area contributed by atoms with Gasteiger partial charge in [0.1, 0.15) is 0 Å². The van der Waals surface area contributed by atoms with E-state index in [9.17, 15) is 0 Å². The number of rotatable bonds is 4. The second kappa shape index (κ2) is 4.94. The minimum Gasteiger partial charge on any atom is -0.348 e. The summed E-state index contributed by atoms with van der Waals surface area (Å²) in [6, 6.07) is 0. The van der Waals surface area contributed by atoms with Crippen molar-refractivity contribution >= 4 is 31.9 Å². The van der Waals surface area contributed by atoms with Gasteiger partial charge in [0, 0.05) is 16.6 Å². The van der Waals surface area contributed by atoms with Gasteiger partial charge in [0.15, 0.2) is 5.79 Å². The van der Waals surface area contributed by atoms with Crippen molar-refractivity contribution in [2.75, 3.05) is 23.9 Å². The SMILES string of the molecule is CC1(C(CBr)CCBr)OCCO1. The van der Waals surface area contributed by atoms with E-state index in [2.05, 4.69) is 31.9 Å². The largest absolute Gasteiger partial charge is 0.348 e. The first-order chi connectivity index (χ1) is 5.73. The predicted octanol–water partition coefficient (Wildman–Crippen LogP) is 2.55. The summed E-state index contributed by atoms with van der Waals surface area (Å²) in [4.78, 5) is 0. The zero-order valence-corrected chi connectivity index (χ0v) is 10.4. The van der Waals surface area contributed by atoms with Gasteiger partial charge in [-0.3, -0.25) is 0 Å². The van der Waals surface area contributed by atoms with Crippen LogP contribution in [0.1, 0.15) is 13.3 Å². The van der Waals surface area contributed by atoms with Crippen LogP contribution in [0.3, 0.4) is 0 Å². The highest BCUT2D eigenvalue weighted by molar-refractivity contribution is 9.09. The number of halogens is 2. The Kier molecular flexibility index (Phi) is 4.51. The van der Waals surface area contributed by atoms with Gasteiger partial charge in [-0.1, -0.05) is 31.9 Å². The van der Waals surface area contributed by atoms with E-state index in [0.29, 0.717) is 5.92 Å². The molecule has 1 saturated heterocycles. The van der Waals surface area contributed by atoms with Crippen LogP contribution in [-0.4, -0.2) is 29.7 Å². The van der Waals surface area contributed by atoms with Gasteiger partial charge >= 0.3 is 0 Å². The highest BCUT2D eigenvalue weighted by atomic mass is 79.9. The molecule has 72 valence electrons. The smallest absolute Gasteiger partial charge is 0.169 e. The summed E-state index contributed by atoms with van der Waals surface area (Å²) >= 11 is 6.91. The summed E-state index contributed by atoms with van der Waals surface area (Å²) in [5, 5.41) is 1.92. The Morgan fingerprint density at radius 1 is 1.33 bits per heavy atom. The fraction of sp³-hybridized carbons (Fsp3) is 1.00. The van der Waals surface area contributed by atoms with Gasteiger partial charge in [0.25, 0.3) is 0 Å². The van der Waals surface area contributed by atoms with Gasteiger partial charge < -0.3 is 9.47 Å². The van der Waals surface area contributed by atoms with E-state index in [4.69, 9.17) is 9.47 Å². The molecule has 0 bridgehead atoms. The first kappa shape index (κ1) is 11.0. The van der Waals surface area contributed by atoms with Crippen molar-refractivity contribution in [3.63, 3.8) is 0 Å². The molecule has 1 aliphatic heterocycles. The molecule has 4 heteroatoms. The van der Waals surface area contributed by atoms with Gasteiger partial charge in [-0.25, -0.2) is 0 Å². The maximum absolute atomic E-state index is 5.57. The van der Waals surface area contributed by atoms with E-state index < -0.39 is 0 Å². The van der Waals surface area contributed by atoms with Crippen LogP contribution in [0.25, 0.3) is 0 Å². The van der Waals surface area contributed by atoms with Crippen LogP contribution < -0.4 is 0 Å². The minimum atomic E-state index is -0.364. The Labute approximate surface area is 90.3 Å². The van der Waals surface area contributed by atoms with Crippen LogP contribution in [0.2, 0.25) is 0 Å². The van der Waals surface area contributed by atoms with E-state index in [1.165, 1.54) is 0 Å². The number of hydrogen-bond donors (Lipinski definition) is 0. The van der Waals surface area contributed by atoms with Gasteiger partial charge in [-0.05, 0) is 13.3 Å². The second-order valence-electron chi connectivity index (χ2n) is 3.04. The lowest BCUT2D eigenvalue weighted by Gasteiger charge is -2.30. The van der Waals surface area contributed by atoms with Gasteiger partial charge in [0.2, 0.25) is 0 Å². The van der Waals surface area contributed by atoms with Crippen LogP contribution in [0, 0.1) is 5.92 Å². The van der Waals surface area contributed by atoms with Crippen LogP contribution in [0.15, 0.2) is 0 Å². The molecule has 1 heterocycles. The topological polar surface area (TPSA) is 18.5 Å². The molecule has 1 aliphatic rings. The van der Waals surface area contributed by atoms with Crippen LogP contribution in [-0.2, 0) is 9.47 Å². The fourth-order valence-corrected chi connectivity index (χ4v) is 2.84. The zero-order valence-electron chi connectivity index (χ0n) is 7.19. The van der Waals surface area contributed by atoms with Gasteiger partial charge in [-0.15, -0.1) is 0 Å². The molecule has 0 aromatic rings. The molecule has 1 fully saturated rings. The summed E-state index contributed by atoms with van der Waals surface area (Å²) in [6.07, 6.45) is 1.07. The van der Waals surface area contributed by atoms with Crippen LogP contribution in [0.4, 0.5) is 0 Å². The predicted molar refractivity (Wildman–Crippen MR) is 56.0 cm³/mol. The number of ether oxygens (including phenoxy) is 2. The number of alkyl halides is 2. The van der Waals surface area contributed by atoms with E-state index in [-0.39, 0.29) is 5.79 Å². The molecule has 0 radical (unpaired) electrons. The Bertz CT molecular complexity index is 135. The highest BCUT2D eigenvalue weighted by Crippen LogP contribution is 2.31. The molecule has 0 aliphatic carbocycles. The molecule has 12 heavy (non-hydrogen) atoms. The second-order valence-corrected chi connectivity index (χ2v) is 4.48. The quantitative estimate of drug-likeness (QED) is 0.743. The third-order valence-electron chi connectivity index (χ3n) is 2.25. The standard InChI is InChI=1S/C8H14Br2O2/c1-8(11-4-5-12-8)7(6-10)2-3-9/h7H,2-6H2,1H3. The Hall–Kier alpha value is 0.880. The third kappa shape index (κ3) is 2.44. The minimum absolute atomic E-state index is 0.364. The lowest BCUT2D eigenvalue weighted by molar-refractivity contribution is -0.175. The van der Waals surface area contributed by atoms with Gasteiger partial charge in [-0.2, -0.15) is 0 Å². The monoisotopic (exact) mass is 300 g/mol. The lowest BCUT2D eigenvalue weighted by atomic mass is 10.00. The lowest BCUT2D eigenvalue weighted by Crippen LogP contribution is -2.37. The highest BCUT2D eigenvalue weighted by Gasteiger charge is 2.38. The average molecular weight is 302 g/mol. The third-order valence-corrected chi connectivity index (χ3v) is 3.49. The van der Waals surface area contributed by atoms with Gasteiger partial charge in [0.05, 0.1) is 13.2 Å². The van der Waals surface area contributed by atoms with E-state index in [1.54, 1.807) is 0 Å². The molecule has 2 nitrogen and oxygen atoms in total. The molecule has 0 aromatic heterocycles. The maximum atomic E-state index is 5.57. The molecule has 0 saturated carbocycles. The molecule has 1 atom stereocenters. The van der Waals surface area contributed by atoms with E-state index in [1.807, 2.05) is 6.92 Å².